The molecule has 0 saturated heterocycles. The summed E-state index contributed by atoms with van der Waals surface area (Å²) in [4.78, 5) is 13.9. The maximum absolute atomic E-state index is 13.9. The van der Waals surface area contributed by atoms with Crippen molar-refractivity contribution in [1.29, 1.82) is 0 Å². The number of carbonyl (C=O) groups is 1. The highest BCUT2D eigenvalue weighted by Gasteiger charge is 2.30. The van der Waals surface area contributed by atoms with E-state index in [-0.39, 0.29) is 0 Å². The van der Waals surface area contributed by atoms with Crippen LogP contribution in [-0.4, -0.2) is 12.5 Å². The number of aryl methyl sites for hydroxylation is 2. The van der Waals surface area contributed by atoms with E-state index in [2.05, 4.69) is 0 Å². The third-order valence-corrected chi connectivity index (χ3v) is 4.00. The molecule has 6 heteroatoms. The maximum Gasteiger partial charge on any atom is 0.261 e. The van der Waals surface area contributed by atoms with Crippen molar-refractivity contribution in [1.82, 2.24) is 0 Å². The van der Waals surface area contributed by atoms with Crippen molar-refractivity contribution in [3.05, 3.63) is 64.2 Å². The second-order valence-corrected chi connectivity index (χ2v) is 5.49. The third kappa shape index (κ3) is 2.48. The van der Waals surface area contributed by atoms with Crippen LogP contribution in [0, 0.1) is 30.2 Å². The average Bonchev–Trinajstić information content (AvgIpc) is 2.55. The predicted octanol–water partition coefficient (Wildman–Crippen LogP) is 4.14. The zero-order valence-electron chi connectivity index (χ0n) is 12.3. The van der Waals surface area contributed by atoms with Crippen LogP contribution in [0.1, 0.15) is 27.9 Å². The topological polar surface area (TPSA) is 20.3 Å². The third-order valence-electron chi connectivity index (χ3n) is 4.00. The van der Waals surface area contributed by atoms with Crippen LogP contribution in [0.5, 0.6) is 0 Å². The maximum atomic E-state index is 13.9. The molecule has 1 aliphatic heterocycles. The van der Waals surface area contributed by atoms with Crippen molar-refractivity contribution >= 4 is 11.6 Å². The van der Waals surface area contributed by atoms with E-state index in [1.807, 2.05) is 12.1 Å². The first-order chi connectivity index (χ1) is 10.9. The molecule has 0 N–H and O–H groups in total. The quantitative estimate of drug-likeness (QED) is 0.439. The summed E-state index contributed by atoms with van der Waals surface area (Å²) in [7, 11) is 0. The number of hydrogen-bond donors (Lipinski definition) is 0. The second-order valence-electron chi connectivity index (χ2n) is 5.49. The predicted molar refractivity (Wildman–Crippen MR) is 77.5 cm³/mol. The van der Waals surface area contributed by atoms with E-state index in [1.54, 1.807) is 13.0 Å². The van der Waals surface area contributed by atoms with Gasteiger partial charge >= 0.3 is 0 Å². The van der Waals surface area contributed by atoms with E-state index in [0.29, 0.717) is 24.7 Å². The van der Waals surface area contributed by atoms with E-state index in [9.17, 15) is 22.4 Å². The number of nitrogens with zero attached hydrogens (tertiary/aromatic N) is 1. The first-order valence-corrected chi connectivity index (χ1v) is 7.15. The van der Waals surface area contributed by atoms with E-state index in [0.717, 1.165) is 17.5 Å². The Hall–Kier alpha value is -2.37. The van der Waals surface area contributed by atoms with Crippen molar-refractivity contribution < 1.29 is 22.4 Å². The Morgan fingerprint density at radius 1 is 1.09 bits per heavy atom. The van der Waals surface area contributed by atoms with Gasteiger partial charge in [-0.2, -0.15) is 0 Å². The molecule has 1 aliphatic rings. The van der Waals surface area contributed by atoms with E-state index in [4.69, 9.17) is 0 Å². The number of anilines is 1. The number of benzene rings is 2. The smallest absolute Gasteiger partial charge is 0.261 e. The molecule has 0 unspecified atom stereocenters. The van der Waals surface area contributed by atoms with Crippen molar-refractivity contribution in [2.75, 3.05) is 11.4 Å². The number of para-hydroxylation sites is 1. The van der Waals surface area contributed by atoms with Crippen molar-refractivity contribution in [2.45, 2.75) is 19.8 Å². The van der Waals surface area contributed by atoms with Crippen LogP contribution >= 0.6 is 0 Å². The van der Waals surface area contributed by atoms with Gasteiger partial charge in [-0.1, -0.05) is 18.2 Å². The zero-order valence-corrected chi connectivity index (χ0v) is 12.3. The Labute approximate surface area is 130 Å². The lowest BCUT2D eigenvalue weighted by Gasteiger charge is -2.31. The molecule has 1 heterocycles. The highest BCUT2D eigenvalue weighted by atomic mass is 19.2. The molecule has 0 fully saturated rings. The monoisotopic (exact) mass is 323 g/mol. The Bertz CT molecular complexity index is 804. The van der Waals surface area contributed by atoms with Gasteiger partial charge in [-0.25, -0.2) is 17.6 Å². The molecule has 0 aromatic heterocycles. The molecule has 2 nitrogen and oxygen atoms in total. The normalized spacial score (nSPS) is 13.9. The molecule has 0 radical (unpaired) electrons. The Kier molecular flexibility index (Phi) is 3.83. The van der Waals surface area contributed by atoms with Gasteiger partial charge in [-0.05, 0) is 37.0 Å². The lowest BCUT2D eigenvalue weighted by molar-refractivity contribution is 0.0979. The molecule has 2 aromatic rings. The lowest BCUT2D eigenvalue weighted by atomic mass is 9.97. The number of amides is 1. The van der Waals surface area contributed by atoms with E-state index >= 15 is 0 Å². The second kappa shape index (κ2) is 5.68. The fourth-order valence-electron chi connectivity index (χ4n) is 2.92. The molecule has 3 rings (SSSR count). The summed E-state index contributed by atoms with van der Waals surface area (Å²) in [6, 6.07) is 5.90. The van der Waals surface area contributed by atoms with Gasteiger partial charge in [-0.3, -0.25) is 4.79 Å². The number of hydrogen-bond acceptors (Lipinski definition) is 1. The molecule has 0 spiro atoms. The van der Waals surface area contributed by atoms with Crippen LogP contribution in [0.2, 0.25) is 0 Å². The lowest BCUT2D eigenvalue weighted by Crippen LogP contribution is -2.37. The van der Waals surface area contributed by atoms with Gasteiger partial charge in [0.25, 0.3) is 5.91 Å². The number of fused-ring (bicyclic) bond motifs is 1. The van der Waals surface area contributed by atoms with Gasteiger partial charge in [0, 0.05) is 6.54 Å². The van der Waals surface area contributed by atoms with Crippen molar-refractivity contribution in [2.24, 2.45) is 0 Å². The van der Waals surface area contributed by atoms with Crippen LogP contribution in [-0.2, 0) is 6.42 Å². The van der Waals surface area contributed by atoms with Crippen LogP contribution < -0.4 is 4.90 Å². The van der Waals surface area contributed by atoms with Gasteiger partial charge in [0.05, 0.1) is 11.3 Å². The van der Waals surface area contributed by atoms with Crippen LogP contribution in [0.15, 0.2) is 24.3 Å². The van der Waals surface area contributed by atoms with Gasteiger partial charge < -0.3 is 4.90 Å². The summed E-state index contributed by atoms with van der Waals surface area (Å²) in [6.07, 6.45) is 1.41. The largest absolute Gasteiger partial charge is 0.308 e. The van der Waals surface area contributed by atoms with Gasteiger partial charge in [0.2, 0.25) is 0 Å². The van der Waals surface area contributed by atoms with Crippen LogP contribution in [0.4, 0.5) is 23.2 Å². The highest BCUT2D eigenvalue weighted by Crippen LogP contribution is 2.32. The first kappa shape index (κ1) is 15.5. The van der Waals surface area contributed by atoms with Gasteiger partial charge in [0.1, 0.15) is 0 Å². The minimum Gasteiger partial charge on any atom is -0.308 e. The SMILES string of the molecule is Cc1cccc2c1N(C(=O)c1cc(F)c(F)c(F)c1F)CCC2. The van der Waals surface area contributed by atoms with E-state index < -0.39 is 34.7 Å². The summed E-state index contributed by atoms with van der Waals surface area (Å²) < 4.78 is 53.7. The molecule has 0 atom stereocenters. The minimum absolute atomic E-state index is 0.302. The Balaban J connectivity index is 2.11. The first-order valence-electron chi connectivity index (χ1n) is 7.15. The standard InChI is InChI=1S/C17H13F4NO/c1-9-4-2-5-10-6-3-7-22(16(9)10)17(23)11-8-12(18)14(20)15(21)13(11)19/h2,4-5,8H,3,6-7H2,1H3. The molecule has 1 amide bonds. The summed E-state index contributed by atoms with van der Waals surface area (Å²) in [5.41, 5.74) is 1.53. The molecule has 23 heavy (non-hydrogen) atoms. The molecule has 0 bridgehead atoms. The minimum atomic E-state index is -1.98. The molecular formula is C17H13F4NO. The average molecular weight is 323 g/mol. The Morgan fingerprint density at radius 3 is 2.57 bits per heavy atom. The Morgan fingerprint density at radius 2 is 1.83 bits per heavy atom. The zero-order chi connectivity index (χ0) is 16.7. The molecule has 2 aromatic carbocycles. The van der Waals surface area contributed by atoms with E-state index in [1.165, 1.54) is 4.90 Å². The fourth-order valence-corrected chi connectivity index (χ4v) is 2.92. The summed E-state index contributed by atoms with van der Waals surface area (Å²) >= 11 is 0. The van der Waals surface area contributed by atoms with Crippen LogP contribution in [0.25, 0.3) is 0 Å². The highest BCUT2D eigenvalue weighted by molar-refractivity contribution is 6.07. The van der Waals surface area contributed by atoms with Crippen LogP contribution in [0.3, 0.4) is 0 Å². The van der Waals surface area contributed by atoms with Gasteiger partial charge in [0.15, 0.2) is 23.3 Å². The van der Waals surface area contributed by atoms with Crippen molar-refractivity contribution in [3.63, 3.8) is 0 Å². The number of carbonyl (C=O) groups excluding carboxylic acids is 1. The summed E-state index contributed by atoms with van der Waals surface area (Å²) in [5.74, 6) is -8.04. The molecule has 120 valence electrons. The molecular weight excluding hydrogens is 310 g/mol. The summed E-state index contributed by atoms with van der Waals surface area (Å²) in [6.45, 7) is 2.10. The van der Waals surface area contributed by atoms with Gasteiger partial charge in [-0.15, -0.1) is 0 Å². The molecule has 0 aliphatic carbocycles. The summed E-state index contributed by atoms with van der Waals surface area (Å²) in [5, 5.41) is 0. The number of rotatable bonds is 1. The number of halogens is 4. The fraction of sp³-hybridized carbons (Fsp3) is 0.235. The van der Waals surface area contributed by atoms with Crippen molar-refractivity contribution in [3.8, 4) is 0 Å². The molecule has 0 saturated carbocycles.